The molecule has 1 fully saturated rings. The third kappa shape index (κ3) is 3.80. The highest BCUT2D eigenvalue weighted by molar-refractivity contribution is 7.91. The predicted octanol–water partition coefficient (Wildman–Crippen LogP) is 0.367. The highest BCUT2D eigenvalue weighted by Gasteiger charge is 2.35. The first-order valence-electron chi connectivity index (χ1n) is 6.23. The van der Waals surface area contributed by atoms with E-state index in [1.54, 1.807) is 0 Å². The van der Waals surface area contributed by atoms with Crippen LogP contribution in [0.1, 0.15) is 12.0 Å². The summed E-state index contributed by atoms with van der Waals surface area (Å²) in [5, 5.41) is 12.7. The molecule has 100 valence electrons. The second-order valence-corrected chi connectivity index (χ2v) is 6.95. The molecule has 2 rings (SSSR count). The summed E-state index contributed by atoms with van der Waals surface area (Å²) in [5.41, 5.74) is 1.28. The van der Waals surface area contributed by atoms with Crippen LogP contribution in [0.2, 0.25) is 0 Å². The standard InChI is InChI=1S/C13H19NO3S/c15-13-10-18(16,17)9-12(13)14-8-4-7-11-5-2-1-3-6-11/h1-3,5-6,12-15H,4,7-10H2/t12-,13+/m1/s1. The molecule has 1 aliphatic rings. The fourth-order valence-corrected chi connectivity index (χ4v) is 4.02. The number of aliphatic hydroxyl groups excluding tert-OH is 1. The second kappa shape index (κ2) is 5.82. The zero-order valence-corrected chi connectivity index (χ0v) is 11.1. The van der Waals surface area contributed by atoms with Gasteiger partial charge in [0.25, 0.3) is 0 Å². The number of hydrogen-bond donors (Lipinski definition) is 2. The molecule has 18 heavy (non-hydrogen) atoms. The fourth-order valence-electron chi connectivity index (χ4n) is 2.25. The van der Waals surface area contributed by atoms with E-state index in [-0.39, 0.29) is 17.5 Å². The van der Waals surface area contributed by atoms with E-state index in [9.17, 15) is 13.5 Å². The minimum absolute atomic E-state index is 0.0551. The van der Waals surface area contributed by atoms with E-state index in [1.165, 1.54) is 5.56 Å². The van der Waals surface area contributed by atoms with Crippen LogP contribution in [-0.4, -0.2) is 43.7 Å². The molecule has 2 N–H and O–H groups in total. The van der Waals surface area contributed by atoms with E-state index < -0.39 is 15.9 Å². The fraction of sp³-hybridized carbons (Fsp3) is 0.538. The summed E-state index contributed by atoms with van der Waals surface area (Å²) in [5.74, 6) is -0.0527. The van der Waals surface area contributed by atoms with Gasteiger partial charge in [0.05, 0.1) is 17.6 Å². The van der Waals surface area contributed by atoms with Crippen molar-refractivity contribution in [2.45, 2.75) is 25.0 Å². The Kier molecular flexibility index (Phi) is 4.37. The number of hydrogen-bond acceptors (Lipinski definition) is 4. The molecule has 1 aromatic rings. The molecule has 0 unspecified atom stereocenters. The second-order valence-electron chi connectivity index (χ2n) is 4.79. The maximum Gasteiger partial charge on any atom is 0.154 e. The first-order chi connectivity index (χ1) is 8.57. The average Bonchev–Trinajstić information content (AvgIpc) is 2.59. The zero-order valence-electron chi connectivity index (χ0n) is 10.2. The lowest BCUT2D eigenvalue weighted by molar-refractivity contribution is 0.166. The van der Waals surface area contributed by atoms with Crippen molar-refractivity contribution in [2.75, 3.05) is 18.1 Å². The van der Waals surface area contributed by atoms with Crippen LogP contribution in [0, 0.1) is 0 Å². The molecule has 1 aromatic carbocycles. The molecule has 0 bridgehead atoms. The molecule has 2 atom stereocenters. The Labute approximate surface area is 108 Å². The molecule has 0 aromatic heterocycles. The smallest absolute Gasteiger partial charge is 0.154 e. The van der Waals surface area contributed by atoms with E-state index in [1.807, 2.05) is 18.2 Å². The molecule has 0 saturated carbocycles. The summed E-state index contributed by atoms with van der Waals surface area (Å²) in [6, 6.07) is 9.86. The van der Waals surface area contributed by atoms with Gasteiger partial charge < -0.3 is 10.4 Å². The Balaban J connectivity index is 1.70. The molecular formula is C13H19NO3S. The van der Waals surface area contributed by atoms with E-state index in [2.05, 4.69) is 17.4 Å². The Morgan fingerprint density at radius 1 is 1.22 bits per heavy atom. The van der Waals surface area contributed by atoms with Gasteiger partial charge in [-0.1, -0.05) is 30.3 Å². The molecule has 5 heteroatoms. The van der Waals surface area contributed by atoms with Crippen molar-refractivity contribution in [1.29, 1.82) is 0 Å². The summed E-state index contributed by atoms with van der Waals surface area (Å²) < 4.78 is 22.6. The van der Waals surface area contributed by atoms with Gasteiger partial charge in [-0.25, -0.2) is 8.42 Å². The minimum Gasteiger partial charge on any atom is -0.390 e. The van der Waals surface area contributed by atoms with Crippen LogP contribution in [-0.2, 0) is 16.3 Å². The van der Waals surface area contributed by atoms with Gasteiger partial charge in [-0.05, 0) is 24.9 Å². The number of sulfone groups is 1. The number of aryl methyl sites for hydroxylation is 1. The topological polar surface area (TPSA) is 66.4 Å². The van der Waals surface area contributed by atoms with Gasteiger partial charge in [0.2, 0.25) is 0 Å². The maximum absolute atomic E-state index is 11.3. The van der Waals surface area contributed by atoms with Crippen LogP contribution in [0.15, 0.2) is 30.3 Å². The highest BCUT2D eigenvalue weighted by atomic mass is 32.2. The van der Waals surface area contributed by atoms with Crippen molar-refractivity contribution < 1.29 is 13.5 Å². The number of rotatable bonds is 5. The van der Waals surface area contributed by atoms with Crippen LogP contribution >= 0.6 is 0 Å². The SMILES string of the molecule is O=S1(=O)C[C@H](O)[C@H](NCCCc2ccccc2)C1. The maximum atomic E-state index is 11.3. The van der Waals surface area contributed by atoms with Crippen LogP contribution in [0.4, 0.5) is 0 Å². The summed E-state index contributed by atoms with van der Waals surface area (Å²) in [6.45, 7) is 0.728. The molecule has 0 spiro atoms. The highest BCUT2D eigenvalue weighted by Crippen LogP contribution is 2.12. The van der Waals surface area contributed by atoms with Gasteiger partial charge in [-0.3, -0.25) is 0 Å². The van der Waals surface area contributed by atoms with E-state index in [0.29, 0.717) is 0 Å². The van der Waals surface area contributed by atoms with Gasteiger partial charge in [0, 0.05) is 6.04 Å². The lowest BCUT2D eigenvalue weighted by atomic mass is 10.1. The van der Waals surface area contributed by atoms with Gasteiger partial charge in [0.15, 0.2) is 9.84 Å². The molecule has 0 radical (unpaired) electrons. The largest absolute Gasteiger partial charge is 0.390 e. The quantitative estimate of drug-likeness (QED) is 0.758. The Hall–Kier alpha value is -0.910. The summed E-state index contributed by atoms with van der Waals surface area (Å²) >= 11 is 0. The van der Waals surface area contributed by atoms with Crippen molar-refractivity contribution in [3.8, 4) is 0 Å². The van der Waals surface area contributed by atoms with Gasteiger partial charge in [0.1, 0.15) is 0 Å². The first-order valence-corrected chi connectivity index (χ1v) is 8.05. The molecule has 1 saturated heterocycles. The predicted molar refractivity (Wildman–Crippen MR) is 71.2 cm³/mol. The van der Waals surface area contributed by atoms with Crippen molar-refractivity contribution in [2.24, 2.45) is 0 Å². The molecule has 1 heterocycles. The number of benzene rings is 1. The third-order valence-electron chi connectivity index (χ3n) is 3.21. The molecule has 0 amide bonds. The zero-order chi connectivity index (χ0) is 13.0. The number of nitrogens with one attached hydrogen (secondary N) is 1. The third-order valence-corrected chi connectivity index (χ3v) is 4.93. The monoisotopic (exact) mass is 269 g/mol. The Bertz CT molecular complexity index is 472. The summed E-state index contributed by atoms with van der Waals surface area (Å²) in [6.07, 6.45) is 1.14. The van der Waals surface area contributed by atoms with E-state index >= 15 is 0 Å². The van der Waals surface area contributed by atoms with Crippen LogP contribution in [0.25, 0.3) is 0 Å². The lowest BCUT2D eigenvalue weighted by Gasteiger charge is -2.14. The van der Waals surface area contributed by atoms with Crippen LogP contribution in [0.5, 0.6) is 0 Å². The van der Waals surface area contributed by atoms with Gasteiger partial charge in [-0.2, -0.15) is 0 Å². The van der Waals surface area contributed by atoms with Crippen molar-refractivity contribution in [3.63, 3.8) is 0 Å². The average molecular weight is 269 g/mol. The van der Waals surface area contributed by atoms with Crippen LogP contribution < -0.4 is 5.32 Å². The summed E-state index contributed by atoms with van der Waals surface area (Å²) in [7, 11) is -3.05. The van der Waals surface area contributed by atoms with E-state index in [0.717, 1.165) is 19.4 Å². The normalized spacial score (nSPS) is 26.3. The molecule has 1 aliphatic heterocycles. The molecule has 4 nitrogen and oxygen atoms in total. The van der Waals surface area contributed by atoms with Crippen molar-refractivity contribution in [3.05, 3.63) is 35.9 Å². The van der Waals surface area contributed by atoms with Crippen LogP contribution in [0.3, 0.4) is 0 Å². The van der Waals surface area contributed by atoms with E-state index in [4.69, 9.17) is 0 Å². The first kappa shape index (κ1) is 13.5. The minimum atomic E-state index is -3.05. The Morgan fingerprint density at radius 3 is 2.56 bits per heavy atom. The van der Waals surface area contributed by atoms with Gasteiger partial charge >= 0.3 is 0 Å². The lowest BCUT2D eigenvalue weighted by Crippen LogP contribution is -2.39. The van der Waals surface area contributed by atoms with Crippen molar-refractivity contribution >= 4 is 9.84 Å². The summed E-state index contributed by atoms with van der Waals surface area (Å²) in [4.78, 5) is 0. The number of aliphatic hydroxyl groups is 1. The van der Waals surface area contributed by atoms with Crippen molar-refractivity contribution in [1.82, 2.24) is 5.32 Å². The van der Waals surface area contributed by atoms with Gasteiger partial charge in [-0.15, -0.1) is 0 Å². The Morgan fingerprint density at radius 2 is 1.94 bits per heavy atom. The molecular weight excluding hydrogens is 250 g/mol. The molecule has 0 aliphatic carbocycles.